The molecule has 0 aliphatic heterocycles. The summed E-state index contributed by atoms with van der Waals surface area (Å²) < 4.78 is 0. The Bertz CT molecular complexity index is 251. The van der Waals surface area contributed by atoms with Gasteiger partial charge in [-0.2, -0.15) is 11.8 Å². The second-order valence-corrected chi connectivity index (χ2v) is 4.04. The number of nitrogens with one attached hydrogen (secondary N) is 1. The molecule has 0 atom stereocenters. The van der Waals surface area contributed by atoms with Crippen LogP contribution in [0, 0.1) is 0 Å². The maximum atomic E-state index is 8.60. The summed E-state index contributed by atoms with van der Waals surface area (Å²) in [6, 6.07) is 4.05. The van der Waals surface area contributed by atoms with Gasteiger partial charge in [-0.1, -0.05) is 6.07 Å². The molecular weight excluding hydrogens is 196 g/mol. The number of aromatic nitrogens is 1. The highest BCUT2D eigenvalue weighted by Gasteiger charge is 1.94. The summed E-state index contributed by atoms with van der Waals surface area (Å²) in [4.78, 5) is 4.22. The predicted octanol–water partition coefficient (Wildman–Crippen LogP) is 1.74. The van der Waals surface area contributed by atoms with Crippen molar-refractivity contribution in [1.29, 1.82) is 0 Å². The Labute approximate surface area is 88.9 Å². The Kier molecular flexibility index (Phi) is 5.40. The fraction of sp³-hybridized carbons (Fsp3) is 0.500. The van der Waals surface area contributed by atoms with Crippen molar-refractivity contribution < 1.29 is 5.11 Å². The number of aliphatic hydroxyl groups excluding tert-OH is 1. The summed E-state index contributed by atoms with van der Waals surface area (Å²) in [6.07, 6.45) is 2.75. The van der Waals surface area contributed by atoms with Gasteiger partial charge in [0.2, 0.25) is 0 Å². The van der Waals surface area contributed by atoms with Crippen molar-refractivity contribution >= 4 is 17.6 Å². The largest absolute Gasteiger partial charge is 0.396 e. The van der Waals surface area contributed by atoms with Gasteiger partial charge in [-0.3, -0.25) is 0 Å². The molecular formula is C10H16N2OS. The summed E-state index contributed by atoms with van der Waals surface area (Å²) >= 11 is 1.82. The smallest absolute Gasteiger partial charge is 0.125 e. The number of aliphatic hydroxyl groups is 1. The summed E-state index contributed by atoms with van der Waals surface area (Å²) in [6.45, 7) is 0.282. The number of nitrogens with zero attached hydrogens (tertiary/aromatic N) is 1. The Morgan fingerprint density at radius 1 is 1.50 bits per heavy atom. The van der Waals surface area contributed by atoms with Gasteiger partial charge in [-0.25, -0.2) is 4.98 Å². The summed E-state index contributed by atoms with van der Waals surface area (Å²) in [7, 11) is 1.86. The quantitative estimate of drug-likeness (QED) is 0.705. The zero-order valence-electron chi connectivity index (χ0n) is 8.36. The minimum absolute atomic E-state index is 0.282. The highest BCUT2D eigenvalue weighted by atomic mass is 32.2. The molecule has 0 amide bonds. The molecule has 78 valence electrons. The van der Waals surface area contributed by atoms with E-state index in [4.69, 9.17) is 5.11 Å². The number of thioether (sulfide) groups is 1. The first-order valence-electron chi connectivity index (χ1n) is 4.68. The van der Waals surface area contributed by atoms with Crippen LogP contribution in [0.4, 0.5) is 5.82 Å². The maximum Gasteiger partial charge on any atom is 0.125 e. The second-order valence-electron chi connectivity index (χ2n) is 2.93. The highest BCUT2D eigenvalue weighted by molar-refractivity contribution is 7.98. The topological polar surface area (TPSA) is 45.1 Å². The Morgan fingerprint density at radius 3 is 2.93 bits per heavy atom. The SMILES string of the molecule is CNc1ccc(CSCCCO)cn1. The molecule has 0 radical (unpaired) electrons. The number of rotatable bonds is 6. The van der Waals surface area contributed by atoms with Crippen LogP contribution in [0.5, 0.6) is 0 Å². The van der Waals surface area contributed by atoms with Crippen molar-refractivity contribution in [2.45, 2.75) is 12.2 Å². The van der Waals surface area contributed by atoms with Crippen LogP contribution in [-0.2, 0) is 5.75 Å². The summed E-state index contributed by atoms with van der Waals surface area (Å²) in [5, 5.41) is 11.6. The molecule has 1 rings (SSSR count). The van der Waals surface area contributed by atoms with Gasteiger partial charge in [0.1, 0.15) is 5.82 Å². The minimum atomic E-state index is 0.282. The molecule has 0 fully saturated rings. The van der Waals surface area contributed by atoms with Gasteiger partial charge in [0.05, 0.1) is 0 Å². The maximum absolute atomic E-state index is 8.60. The van der Waals surface area contributed by atoms with Crippen LogP contribution >= 0.6 is 11.8 Å². The Balaban J connectivity index is 2.29. The molecule has 0 bridgehead atoms. The molecule has 0 spiro atoms. The number of hydrogen-bond acceptors (Lipinski definition) is 4. The minimum Gasteiger partial charge on any atom is -0.396 e. The van der Waals surface area contributed by atoms with E-state index < -0.39 is 0 Å². The second kappa shape index (κ2) is 6.68. The fourth-order valence-corrected chi connectivity index (χ4v) is 1.90. The Hall–Kier alpha value is -0.740. The van der Waals surface area contributed by atoms with Gasteiger partial charge in [-0.15, -0.1) is 0 Å². The Morgan fingerprint density at radius 2 is 2.36 bits per heavy atom. The molecule has 0 unspecified atom stereocenters. The monoisotopic (exact) mass is 212 g/mol. The summed E-state index contributed by atoms with van der Waals surface area (Å²) in [5.74, 6) is 2.87. The zero-order valence-corrected chi connectivity index (χ0v) is 9.18. The van der Waals surface area contributed by atoms with Crippen LogP contribution in [0.25, 0.3) is 0 Å². The third kappa shape index (κ3) is 3.98. The van der Waals surface area contributed by atoms with E-state index in [1.54, 1.807) is 0 Å². The van der Waals surface area contributed by atoms with E-state index >= 15 is 0 Å². The lowest BCUT2D eigenvalue weighted by atomic mass is 10.3. The van der Waals surface area contributed by atoms with E-state index in [-0.39, 0.29) is 6.61 Å². The highest BCUT2D eigenvalue weighted by Crippen LogP contribution is 2.13. The van der Waals surface area contributed by atoms with Crippen LogP contribution in [0.2, 0.25) is 0 Å². The van der Waals surface area contributed by atoms with Crippen LogP contribution < -0.4 is 5.32 Å². The van der Waals surface area contributed by atoms with Crippen molar-refractivity contribution in [2.24, 2.45) is 0 Å². The molecule has 2 N–H and O–H groups in total. The molecule has 14 heavy (non-hydrogen) atoms. The van der Waals surface area contributed by atoms with Crippen molar-refractivity contribution in [3.8, 4) is 0 Å². The third-order valence-corrected chi connectivity index (χ3v) is 2.91. The van der Waals surface area contributed by atoms with E-state index in [9.17, 15) is 0 Å². The molecule has 4 heteroatoms. The van der Waals surface area contributed by atoms with Gasteiger partial charge in [0.15, 0.2) is 0 Å². The van der Waals surface area contributed by atoms with E-state index in [1.807, 2.05) is 31.1 Å². The average molecular weight is 212 g/mol. The lowest BCUT2D eigenvalue weighted by Crippen LogP contribution is -1.93. The van der Waals surface area contributed by atoms with Gasteiger partial charge >= 0.3 is 0 Å². The number of anilines is 1. The van der Waals surface area contributed by atoms with Gasteiger partial charge in [0.25, 0.3) is 0 Å². The van der Waals surface area contributed by atoms with Crippen LogP contribution in [-0.4, -0.2) is 29.5 Å². The lowest BCUT2D eigenvalue weighted by molar-refractivity contribution is 0.296. The first kappa shape index (κ1) is 11.3. The lowest BCUT2D eigenvalue weighted by Gasteiger charge is -2.02. The molecule has 1 aromatic rings. The zero-order chi connectivity index (χ0) is 10.2. The first-order chi connectivity index (χ1) is 6.86. The normalized spacial score (nSPS) is 10.1. The van der Waals surface area contributed by atoms with Crippen molar-refractivity contribution in [3.63, 3.8) is 0 Å². The van der Waals surface area contributed by atoms with Crippen LogP contribution in [0.15, 0.2) is 18.3 Å². The fourth-order valence-electron chi connectivity index (χ4n) is 1.01. The first-order valence-corrected chi connectivity index (χ1v) is 5.83. The molecule has 0 saturated heterocycles. The van der Waals surface area contributed by atoms with Crippen LogP contribution in [0.3, 0.4) is 0 Å². The van der Waals surface area contributed by atoms with E-state index in [0.29, 0.717) is 0 Å². The molecule has 1 aromatic heterocycles. The van der Waals surface area contributed by atoms with E-state index in [0.717, 1.165) is 23.7 Å². The molecule has 0 aliphatic carbocycles. The van der Waals surface area contributed by atoms with Gasteiger partial charge < -0.3 is 10.4 Å². The summed E-state index contributed by atoms with van der Waals surface area (Å²) in [5.41, 5.74) is 1.23. The van der Waals surface area contributed by atoms with E-state index in [2.05, 4.69) is 16.4 Å². The standard InChI is InChI=1S/C10H16N2OS/c1-11-10-4-3-9(7-12-10)8-14-6-2-5-13/h3-4,7,13H,2,5-6,8H2,1H3,(H,11,12). The van der Waals surface area contributed by atoms with Gasteiger partial charge in [0, 0.05) is 25.6 Å². The predicted molar refractivity (Wildman–Crippen MR) is 61.6 cm³/mol. The van der Waals surface area contributed by atoms with Crippen molar-refractivity contribution in [3.05, 3.63) is 23.9 Å². The third-order valence-electron chi connectivity index (χ3n) is 1.80. The van der Waals surface area contributed by atoms with E-state index in [1.165, 1.54) is 5.56 Å². The molecule has 0 aliphatic rings. The average Bonchev–Trinajstić information content (AvgIpc) is 2.25. The molecule has 0 aromatic carbocycles. The molecule has 1 heterocycles. The molecule has 0 saturated carbocycles. The van der Waals surface area contributed by atoms with Crippen LogP contribution in [0.1, 0.15) is 12.0 Å². The number of hydrogen-bond donors (Lipinski definition) is 2. The van der Waals surface area contributed by atoms with Crippen molar-refractivity contribution in [2.75, 3.05) is 24.7 Å². The molecule has 3 nitrogen and oxygen atoms in total. The van der Waals surface area contributed by atoms with Gasteiger partial charge in [-0.05, 0) is 23.8 Å². The number of pyridine rings is 1. The van der Waals surface area contributed by atoms with Crippen molar-refractivity contribution in [1.82, 2.24) is 4.98 Å².